The maximum atomic E-state index is 12.7. The van der Waals surface area contributed by atoms with Crippen LogP contribution in [0, 0.1) is 6.92 Å². The summed E-state index contributed by atoms with van der Waals surface area (Å²) >= 11 is 0. The number of benzene rings is 1. The van der Waals surface area contributed by atoms with Crippen molar-refractivity contribution in [2.24, 2.45) is 0 Å². The SMILES string of the molecule is Cc1cc(C(=O)N2C[C@H](C)OC[C@@H]2c2ccccc2)n[nH]1. The van der Waals surface area contributed by atoms with Gasteiger partial charge in [-0.1, -0.05) is 30.3 Å². The Morgan fingerprint density at radius 3 is 2.81 bits per heavy atom. The smallest absolute Gasteiger partial charge is 0.275 e. The minimum Gasteiger partial charge on any atom is -0.374 e. The maximum Gasteiger partial charge on any atom is 0.275 e. The molecular weight excluding hydrogens is 266 g/mol. The highest BCUT2D eigenvalue weighted by Gasteiger charge is 2.33. The molecule has 0 saturated carbocycles. The highest BCUT2D eigenvalue weighted by atomic mass is 16.5. The molecule has 21 heavy (non-hydrogen) atoms. The van der Waals surface area contributed by atoms with Crippen molar-refractivity contribution in [2.45, 2.75) is 26.0 Å². The molecule has 1 aromatic carbocycles. The van der Waals surface area contributed by atoms with Crippen molar-refractivity contribution >= 4 is 5.91 Å². The van der Waals surface area contributed by atoms with E-state index < -0.39 is 0 Å². The van der Waals surface area contributed by atoms with E-state index in [4.69, 9.17) is 4.74 Å². The second kappa shape index (κ2) is 5.69. The van der Waals surface area contributed by atoms with Crippen molar-refractivity contribution in [3.05, 3.63) is 53.3 Å². The van der Waals surface area contributed by atoms with Gasteiger partial charge in [0, 0.05) is 12.2 Å². The van der Waals surface area contributed by atoms with Crippen LogP contribution >= 0.6 is 0 Å². The first-order valence-corrected chi connectivity index (χ1v) is 7.14. The van der Waals surface area contributed by atoms with Crippen LogP contribution in [0.4, 0.5) is 0 Å². The quantitative estimate of drug-likeness (QED) is 0.921. The summed E-state index contributed by atoms with van der Waals surface area (Å²) in [5.74, 6) is -0.0525. The van der Waals surface area contributed by atoms with Crippen molar-refractivity contribution in [1.29, 1.82) is 0 Å². The average molecular weight is 285 g/mol. The lowest BCUT2D eigenvalue weighted by Crippen LogP contribution is -2.46. The predicted molar refractivity (Wildman–Crippen MR) is 79.0 cm³/mol. The van der Waals surface area contributed by atoms with Gasteiger partial charge in [0.1, 0.15) is 5.69 Å². The van der Waals surface area contributed by atoms with E-state index >= 15 is 0 Å². The molecular formula is C16H19N3O2. The summed E-state index contributed by atoms with van der Waals surface area (Å²) in [7, 11) is 0. The molecule has 1 aliphatic rings. The van der Waals surface area contributed by atoms with Crippen molar-refractivity contribution < 1.29 is 9.53 Å². The van der Waals surface area contributed by atoms with Crippen molar-refractivity contribution in [3.63, 3.8) is 0 Å². The first-order valence-electron chi connectivity index (χ1n) is 7.14. The van der Waals surface area contributed by atoms with E-state index in [1.54, 1.807) is 6.07 Å². The zero-order valence-corrected chi connectivity index (χ0v) is 12.2. The molecule has 0 spiro atoms. The third kappa shape index (κ3) is 2.83. The molecule has 2 heterocycles. The molecule has 2 aromatic rings. The fourth-order valence-corrected chi connectivity index (χ4v) is 2.65. The Bertz CT molecular complexity index is 623. The topological polar surface area (TPSA) is 58.2 Å². The lowest BCUT2D eigenvalue weighted by Gasteiger charge is -2.38. The molecule has 5 heteroatoms. The average Bonchev–Trinajstić information content (AvgIpc) is 2.94. The standard InChI is InChI=1S/C16H19N3O2/c1-11-8-14(18-17-11)16(20)19-9-12(2)21-10-15(19)13-6-4-3-5-7-13/h3-8,12,15H,9-10H2,1-2H3,(H,17,18)/t12-,15+/m0/s1. The number of hydrogen-bond acceptors (Lipinski definition) is 3. The molecule has 3 rings (SSSR count). The fraction of sp³-hybridized carbons (Fsp3) is 0.375. The molecule has 1 amide bonds. The molecule has 0 bridgehead atoms. The molecule has 1 saturated heterocycles. The van der Waals surface area contributed by atoms with Crippen LogP contribution in [0.15, 0.2) is 36.4 Å². The van der Waals surface area contributed by atoms with Gasteiger partial charge in [-0.25, -0.2) is 0 Å². The second-order valence-corrected chi connectivity index (χ2v) is 5.46. The summed E-state index contributed by atoms with van der Waals surface area (Å²) in [4.78, 5) is 14.6. The van der Waals surface area contributed by atoms with Gasteiger partial charge in [0.25, 0.3) is 5.91 Å². The number of ether oxygens (including phenoxy) is 1. The third-order valence-electron chi connectivity index (χ3n) is 3.74. The Labute approximate surface area is 123 Å². The number of morpholine rings is 1. The van der Waals surface area contributed by atoms with E-state index in [2.05, 4.69) is 10.2 Å². The molecule has 5 nitrogen and oxygen atoms in total. The normalized spacial score (nSPS) is 22.3. The third-order valence-corrected chi connectivity index (χ3v) is 3.74. The van der Waals surface area contributed by atoms with Gasteiger partial charge < -0.3 is 9.64 Å². The van der Waals surface area contributed by atoms with E-state index in [0.29, 0.717) is 18.8 Å². The Kier molecular flexibility index (Phi) is 3.75. The number of carbonyl (C=O) groups excluding carboxylic acids is 1. The van der Waals surface area contributed by atoms with E-state index in [0.717, 1.165) is 11.3 Å². The zero-order chi connectivity index (χ0) is 14.8. The van der Waals surface area contributed by atoms with Gasteiger partial charge in [-0.05, 0) is 25.5 Å². The van der Waals surface area contributed by atoms with Crippen molar-refractivity contribution in [3.8, 4) is 0 Å². The number of nitrogens with one attached hydrogen (secondary N) is 1. The van der Waals surface area contributed by atoms with Gasteiger partial charge in [-0.2, -0.15) is 5.10 Å². The largest absolute Gasteiger partial charge is 0.374 e. The molecule has 0 aliphatic carbocycles. The van der Waals surface area contributed by atoms with Gasteiger partial charge in [-0.15, -0.1) is 0 Å². The summed E-state index contributed by atoms with van der Waals surface area (Å²) < 4.78 is 5.74. The van der Waals surface area contributed by atoms with Gasteiger partial charge in [0.2, 0.25) is 0 Å². The summed E-state index contributed by atoms with van der Waals surface area (Å²) in [6, 6.07) is 11.7. The zero-order valence-electron chi connectivity index (χ0n) is 12.2. The van der Waals surface area contributed by atoms with Crippen LogP contribution in [0.2, 0.25) is 0 Å². The Morgan fingerprint density at radius 2 is 2.14 bits per heavy atom. The van der Waals surface area contributed by atoms with Crippen LogP contribution in [0.3, 0.4) is 0 Å². The van der Waals surface area contributed by atoms with Crippen LogP contribution in [0.25, 0.3) is 0 Å². The number of H-pyrrole nitrogens is 1. The minimum atomic E-state index is -0.0630. The number of rotatable bonds is 2. The van der Waals surface area contributed by atoms with E-state index in [9.17, 15) is 4.79 Å². The molecule has 0 radical (unpaired) electrons. The Hall–Kier alpha value is -2.14. The van der Waals surface area contributed by atoms with Crippen LogP contribution in [-0.4, -0.2) is 40.3 Å². The number of aromatic nitrogens is 2. The number of amides is 1. The number of hydrogen-bond donors (Lipinski definition) is 1. The van der Waals surface area contributed by atoms with Crippen molar-refractivity contribution in [2.75, 3.05) is 13.2 Å². The monoisotopic (exact) mass is 285 g/mol. The predicted octanol–water partition coefficient (Wildman–Crippen LogP) is 2.32. The highest BCUT2D eigenvalue weighted by Crippen LogP contribution is 2.27. The molecule has 1 N–H and O–H groups in total. The first kappa shape index (κ1) is 13.8. The number of aromatic amines is 1. The van der Waals surface area contributed by atoms with Crippen LogP contribution in [0.5, 0.6) is 0 Å². The number of nitrogens with zero attached hydrogens (tertiary/aromatic N) is 2. The fourth-order valence-electron chi connectivity index (χ4n) is 2.65. The Balaban J connectivity index is 1.90. The lowest BCUT2D eigenvalue weighted by atomic mass is 10.0. The minimum absolute atomic E-state index is 0.0361. The molecule has 2 atom stereocenters. The van der Waals surface area contributed by atoms with Gasteiger partial charge in [0.05, 0.1) is 18.8 Å². The molecule has 1 aliphatic heterocycles. The molecule has 1 fully saturated rings. The first-order chi connectivity index (χ1) is 10.1. The summed E-state index contributed by atoms with van der Waals surface area (Å²) in [6.07, 6.45) is 0.0361. The van der Waals surface area contributed by atoms with E-state index in [1.807, 2.05) is 49.1 Å². The Morgan fingerprint density at radius 1 is 1.38 bits per heavy atom. The summed E-state index contributed by atoms with van der Waals surface area (Å²) in [5.41, 5.74) is 2.43. The van der Waals surface area contributed by atoms with Gasteiger partial charge in [-0.3, -0.25) is 9.89 Å². The second-order valence-electron chi connectivity index (χ2n) is 5.46. The van der Waals surface area contributed by atoms with Gasteiger partial charge >= 0.3 is 0 Å². The van der Waals surface area contributed by atoms with Crippen LogP contribution < -0.4 is 0 Å². The van der Waals surface area contributed by atoms with Crippen LogP contribution in [-0.2, 0) is 4.74 Å². The summed E-state index contributed by atoms with van der Waals surface area (Å²) in [5, 5.41) is 6.91. The van der Waals surface area contributed by atoms with E-state index in [-0.39, 0.29) is 18.1 Å². The van der Waals surface area contributed by atoms with Gasteiger partial charge in [0.15, 0.2) is 0 Å². The molecule has 1 aromatic heterocycles. The molecule has 110 valence electrons. The van der Waals surface area contributed by atoms with Crippen molar-refractivity contribution in [1.82, 2.24) is 15.1 Å². The highest BCUT2D eigenvalue weighted by molar-refractivity contribution is 5.92. The lowest BCUT2D eigenvalue weighted by molar-refractivity contribution is -0.0449. The molecule has 0 unspecified atom stereocenters. The summed E-state index contributed by atoms with van der Waals surface area (Å²) in [6.45, 7) is 4.96. The maximum absolute atomic E-state index is 12.7. The number of carbonyl (C=O) groups is 1. The number of aryl methyl sites for hydroxylation is 1. The van der Waals surface area contributed by atoms with E-state index in [1.165, 1.54) is 0 Å². The van der Waals surface area contributed by atoms with Crippen LogP contribution in [0.1, 0.15) is 34.7 Å².